The Labute approximate surface area is 130 Å². The smallest absolute Gasteiger partial charge is 0.323 e. The highest BCUT2D eigenvalue weighted by Crippen LogP contribution is 2.20. The number of carboxylic acids is 1. The monoisotopic (exact) mass is 376 g/mol. The Morgan fingerprint density at radius 1 is 1.43 bits per heavy atom. The summed E-state index contributed by atoms with van der Waals surface area (Å²) in [5, 5.41) is 8.95. The number of pyridine rings is 1. The van der Waals surface area contributed by atoms with Crippen molar-refractivity contribution < 1.29 is 23.1 Å². The topological polar surface area (TPSA) is 105 Å². The Hall–Kier alpha value is -1.48. The molecule has 2 rings (SSSR count). The molecule has 114 valence electrons. The molecule has 0 aliphatic carbocycles. The summed E-state index contributed by atoms with van der Waals surface area (Å²) >= 11 is 3.14. The minimum absolute atomic E-state index is 0.0347. The molecule has 2 heterocycles. The molecule has 1 N–H and O–H groups in total. The lowest BCUT2D eigenvalue weighted by Gasteiger charge is -2.26. The Morgan fingerprint density at radius 3 is 2.67 bits per heavy atom. The fourth-order valence-corrected chi connectivity index (χ4v) is 4.28. The van der Waals surface area contributed by atoms with Crippen molar-refractivity contribution in [3.05, 3.63) is 28.5 Å². The largest absolute Gasteiger partial charge is 0.480 e. The van der Waals surface area contributed by atoms with E-state index in [2.05, 4.69) is 20.9 Å². The van der Waals surface area contributed by atoms with Crippen LogP contribution in [-0.2, 0) is 14.6 Å². The van der Waals surface area contributed by atoms with E-state index in [1.54, 1.807) is 12.1 Å². The van der Waals surface area contributed by atoms with Gasteiger partial charge in [0.05, 0.1) is 11.5 Å². The Balaban J connectivity index is 2.28. The van der Waals surface area contributed by atoms with Crippen LogP contribution in [0.15, 0.2) is 22.8 Å². The average Bonchev–Trinajstić information content (AvgIpc) is 2.75. The lowest BCUT2D eigenvalue weighted by molar-refractivity contribution is -0.138. The molecular weight excluding hydrogens is 364 g/mol. The van der Waals surface area contributed by atoms with Crippen LogP contribution in [0.1, 0.15) is 16.9 Å². The van der Waals surface area contributed by atoms with Gasteiger partial charge in [0.1, 0.15) is 16.8 Å². The van der Waals surface area contributed by atoms with Crippen LogP contribution in [0.2, 0.25) is 0 Å². The molecule has 7 nitrogen and oxygen atoms in total. The van der Waals surface area contributed by atoms with Gasteiger partial charge in [0.2, 0.25) is 0 Å². The van der Waals surface area contributed by atoms with Crippen LogP contribution in [-0.4, -0.2) is 59.4 Å². The van der Waals surface area contributed by atoms with E-state index >= 15 is 0 Å². The number of carboxylic acid groups (broad SMARTS) is 1. The maximum absolute atomic E-state index is 12.4. The van der Waals surface area contributed by atoms with Gasteiger partial charge < -0.3 is 10.0 Å². The van der Waals surface area contributed by atoms with E-state index in [9.17, 15) is 18.0 Å². The average molecular weight is 377 g/mol. The summed E-state index contributed by atoms with van der Waals surface area (Å²) in [5.41, 5.74) is 0.0786. The molecule has 1 aliphatic rings. The molecule has 9 heteroatoms. The summed E-state index contributed by atoms with van der Waals surface area (Å²) in [6.07, 6.45) is 0.245. The maximum atomic E-state index is 12.4. The molecule has 1 fully saturated rings. The van der Waals surface area contributed by atoms with Crippen LogP contribution < -0.4 is 0 Å². The normalized spacial score (nSPS) is 20.1. The number of hydrogen-bond acceptors (Lipinski definition) is 5. The van der Waals surface area contributed by atoms with Crippen molar-refractivity contribution >= 4 is 37.6 Å². The standard InChI is InChI=1S/C12H13BrN2O5S/c13-10-3-1-2-9(14-10)12(18)15(6-11(16)17)8-4-5-21(19,20)7-8/h1-3,8H,4-7H2,(H,16,17). The molecule has 1 aromatic heterocycles. The van der Waals surface area contributed by atoms with Gasteiger partial charge in [0.25, 0.3) is 5.91 Å². The number of sulfone groups is 1. The van der Waals surface area contributed by atoms with E-state index in [-0.39, 0.29) is 23.6 Å². The van der Waals surface area contributed by atoms with Crippen LogP contribution in [0.25, 0.3) is 0 Å². The van der Waals surface area contributed by atoms with Gasteiger partial charge in [0, 0.05) is 6.04 Å². The highest BCUT2D eigenvalue weighted by Gasteiger charge is 2.36. The van der Waals surface area contributed by atoms with Crippen molar-refractivity contribution in [3.63, 3.8) is 0 Å². The summed E-state index contributed by atoms with van der Waals surface area (Å²) in [7, 11) is -3.22. The molecule has 1 unspecified atom stereocenters. The first kappa shape index (κ1) is 15.9. The molecule has 0 saturated carbocycles. The molecule has 0 radical (unpaired) electrons. The van der Waals surface area contributed by atoms with Crippen LogP contribution in [0, 0.1) is 0 Å². The molecule has 1 aliphatic heterocycles. The third kappa shape index (κ3) is 4.01. The first-order valence-electron chi connectivity index (χ1n) is 6.14. The quantitative estimate of drug-likeness (QED) is 0.769. The summed E-state index contributed by atoms with van der Waals surface area (Å²) in [6.45, 7) is -0.548. The summed E-state index contributed by atoms with van der Waals surface area (Å²) in [4.78, 5) is 28.4. The summed E-state index contributed by atoms with van der Waals surface area (Å²) in [5.74, 6) is -2.02. The molecule has 0 aromatic carbocycles. The van der Waals surface area contributed by atoms with Gasteiger partial charge in [0.15, 0.2) is 9.84 Å². The molecule has 0 bridgehead atoms. The lowest BCUT2D eigenvalue weighted by atomic mass is 10.2. The molecular formula is C12H13BrN2O5S. The van der Waals surface area contributed by atoms with Crippen LogP contribution in [0.3, 0.4) is 0 Å². The third-order valence-corrected chi connectivity index (χ3v) is 5.34. The molecule has 1 aromatic rings. The second-order valence-electron chi connectivity index (χ2n) is 4.73. The molecule has 1 amide bonds. The SMILES string of the molecule is O=C(O)CN(C(=O)c1cccc(Br)n1)C1CCS(=O)(=O)C1. The van der Waals surface area contributed by atoms with Crippen LogP contribution in [0.4, 0.5) is 0 Å². The van der Waals surface area contributed by atoms with E-state index in [0.29, 0.717) is 4.60 Å². The number of hydrogen-bond donors (Lipinski definition) is 1. The van der Waals surface area contributed by atoms with Gasteiger partial charge in [-0.3, -0.25) is 9.59 Å². The van der Waals surface area contributed by atoms with Crippen molar-refractivity contribution in [1.82, 2.24) is 9.88 Å². The number of aliphatic carboxylic acids is 1. The first-order valence-corrected chi connectivity index (χ1v) is 8.76. The number of aromatic nitrogens is 1. The summed E-state index contributed by atoms with van der Waals surface area (Å²) in [6, 6.07) is 4.08. The van der Waals surface area contributed by atoms with Gasteiger partial charge in [-0.2, -0.15) is 0 Å². The van der Waals surface area contributed by atoms with Gasteiger partial charge in [-0.1, -0.05) is 6.07 Å². The third-order valence-electron chi connectivity index (χ3n) is 3.15. The number of rotatable bonds is 4. The molecule has 1 atom stereocenters. The van der Waals surface area contributed by atoms with Gasteiger partial charge in [-0.25, -0.2) is 13.4 Å². The minimum Gasteiger partial charge on any atom is -0.480 e. The zero-order valence-electron chi connectivity index (χ0n) is 10.9. The van der Waals surface area contributed by atoms with Gasteiger partial charge >= 0.3 is 5.97 Å². The predicted octanol–water partition coefficient (Wildman–Crippen LogP) is 0.558. The number of nitrogens with zero attached hydrogens (tertiary/aromatic N) is 2. The highest BCUT2D eigenvalue weighted by atomic mass is 79.9. The van der Waals surface area contributed by atoms with E-state index < -0.39 is 34.3 Å². The Kier molecular flexibility index (Phi) is 4.62. The van der Waals surface area contributed by atoms with Gasteiger partial charge in [-0.15, -0.1) is 0 Å². The lowest BCUT2D eigenvalue weighted by Crippen LogP contribution is -2.44. The number of halogens is 1. The van der Waals surface area contributed by atoms with Crippen molar-refractivity contribution in [3.8, 4) is 0 Å². The van der Waals surface area contributed by atoms with Crippen molar-refractivity contribution in [2.45, 2.75) is 12.5 Å². The number of carbonyl (C=O) groups excluding carboxylic acids is 1. The minimum atomic E-state index is -3.22. The second kappa shape index (κ2) is 6.10. The number of amides is 1. The zero-order valence-corrected chi connectivity index (χ0v) is 13.3. The van der Waals surface area contributed by atoms with E-state index in [1.807, 2.05) is 0 Å². The Morgan fingerprint density at radius 2 is 2.14 bits per heavy atom. The Bertz CT molecular complexity index is 676. The second-order valence-corrected chi connectivity index (χ2v) is 7.77. The van der Waals surface area contributed by atoms with E-state index in [0.717, 1.165) is 4.90 Å². The number of carbonyl (C=O) groups is 2. The molecule has 21 heavy (non-hydrogen) atoms. The van der Waals surface area contributed by atoms with Crippen molar-refractivity contribution in [2.24, 2.45) is 0 Å². The van der Waals surface area contributed by atoms with Crippen LogP contribution >= 0.6 is 15.9 Å². The van der Waals surface area contributed by atoms with E-state index in [1.165, 1.54) is 6.07 Å². The van der Waals surface area contributed by atoms with E-state index in [4.69, 9.17) is 5.11 Å². The predicted molar refractivity (Wildman–Crippen MR) is 77.7 cm³/mol. The first-order chi connectivity index (χ1) is 9.78. The highest BCUT2D eigenvalue weighted by molar-refractivity contribution is 9.10. The fraction of sp³-hybridized carbons (Fsp3) is 0.417. The van der Waals surface area contributed by atoms with Gasteiger partial charge in [-0.05, 0) is 34.5 Å². The zero-order chi connectivity index (χ0) is 15.6. The summed E-state index contributed by atoms with van der Waals surface area (Å²) < 4.78 is 23.5. The van der Waals surface area contributed by atoms with Crippen molar-refractivity contribution in [2.75, 3.05) is 18.1 Å². The maximum Gasteiger partial charge on any atom is 0.323 e. The fourth-order valence-electron chi connectivity index (χ4n) is 2.21. The molecule has 1 saturated heterocycles. The van der Waals surface area contributed by atoms with Crippen molar-refractivity contribution in [1.29, 1.82) is 0 Å². The molecule has 0 spiro atoms. The van der Waals surface area contributed by atoms with Crippen LogP contribution in [0.5, 0.6) is 0 Å².